The number of carbonyl (C=O) groups excluding carboxylic acids is 1. The molecule has 2 aromatic heterocycles. The maximum atomic E-state index is 12.7. The normalized spacial score (nSPS) is 13.9. The fourth-order valence-electron chi connectivity index (χ4n) is 3.61. The minimum absolute atomic E-state index is 0.172. The van der Waals surface area contributed by atoms with Gasteiger partial charge in [-0.25, -0.2) is 18.9 Å². The van der Waals surface area contributed by atoms with Crippen molar-refractivity contribution in [3.63, 3.8) is 0 Å². The lowest BCUT2D eigenvalue weighted by atomic mass is 10.1. The minimum atomic E-state index is -0.382. The van der Waals surface area contributed by atoms with Crippen LogP contribution in [0.25, 0.3) is 5.65 Å². The van der Waals surface area contributed by atoms with Gasteiger partial charge in [-0.15, -0.1) is 5.10 Å². The molecule has 0 spiro atoms. The number of hydrogen-bond donors (Lipinski definition) is 1. The molecule has 3 aromatic rings. The highest BCUT2D eigenvalue weighted by Gasteiger charge is 2.20. The molecule has 0 radical (unpaired) electrons. The maximum Gasteiger partial charge on any atom is 0.350 e. The van der Waals surface area contributed by atoms with Gasteiger partial charge >= 0.3 is 5.69 Å². The first-order chi connectivity index (χ1) is 15.6. The molecule has 1 N–H and O–H groups in total. The summed E-state index contributed by atoms with van der Waals surface area (Å²) in [5.41, 5.74) is 1.04. The highest BCUT2D eigenvalue weighted by molar-refractivity contribution is 5.75. The van der Waals surface area contributed by atoms with Crippen LogP contribution in [0.2, 0.25) is 0 Å². The van der Waals surface area contributed by atoms with Crippen molar-refractivity contribution in [2.75, 3.05) is 52.0 Å². The molecule has 1 saturated heterocycles. The van der Waals surface area contributed by atoms with Crippen LogP contribution in [0.15, 0.2) is 35.4 Å². The van der Waals surface area contributed by atoms with E-state index in [0.29, 0.717) is 62.2 Å². The predicted octanol–water partition coefficient (Wildman–Crippen LogP) is 0.104. The van der Waals surface area contributed by atoms with Gasteiger partial charge < -0.3 is 24.4 Å². The van der Waals surface area contributed by atoms with E-state index in [-0.39, 0.29) is 18.1 Å². The fraction of sp³-hybridized carbons (Fsp3) is 0.429. The second-order valence-corrected chi connectivity index (χ2v) is 7.27. The summed E-state index contributed by atoms with van der Waals surface area (Å²) in [6.45, 7) is 2.77. The Morgan fingerprint density at radius 3 is 2.72 bits per heavy atom. The van der Waals surface area contributed by atoms with Crippen LogP contribution in [0.1, 0.15) is 5.56 Å². The number of fused-ring (bicyclic) bond motifs is 1. The molecule has 3 heterocycles. The van der Waals surface area contributed by atoms with E-state index in [1.54, 1.807) is 26.6 Å². The van der Waals surface area contributed by atoms with E-state index in [0.717, 1.165) is 10.2 Å². The zero-order chi connectivity index (χ0) is 22.5. The van der Waals surface area contributed by atoms with Crippen LogP contribution in [0, 0.1) is 0 Å². The van der Waals surface area contributed by atoms with Crippen LogP contribution in [0.4, 0.5) is 5.82 Å². The van der Waals surface area contributed by atoms with Gasteiger partial charge in [0.05, 0.1) is 27.4 Å². The lowest BCUT2D eigenvalue weighted by molar-refractivity contribution is -0.121. The molecule has 0 atom stereocenters. The molecule has 1 fully saturated rings. The first kappa shape index (κ1) is 21.6. The Bertz CT molecular complexity index is 1150. The van der Waals surface area contributed by atoms with Crippen LogP contribution >= 0.6 is 0 Å². The molecule has 0 unspecified atom stereocenters. The summed E-state index contributed by atoms with van der Waals surface area (Å²) in [5.74, 6) is 1.60. The summed E-state index contributed by atoms with van der Waals surface area (Å²) in [4.78, 5) is 31.6. The van der Waals surface area contributed by atoms with Gasteiger partial charge in [-0.05, 0) is 24.1 Å². The van der Waals surface area contributed by atoms with Crippen molar-refractivity contribution in [1.29, 1.82) is 0 Å². The van der Waals surface area contributed by atoms with E-state index < -0.39 is 0 Å². The Labute approximate surface area is 184 Å². The number of nitrogens with zero attached hydrogens (tertiary/aromatic N) is 5. The van der Waals surface area contributed by atoms with Crippen LogP contribution < -0.4 is 25.4 Å². The number of rotatable bonds is 8. The van der Waals surface area contributed by atoms with Crippen LogP contribution in [0.5, 0.6) is 11.5 Å². The Balaban J connectivity index is 1.40. The van der Waals surface area contributed by atoms with Crippen molar-refractivity contribution in [3.8, 4) is 11.5 Å². The number of hydrogen-bond acceptors (Lipinski definition) is 8. The number of aromatic nitrogens is 4. The molecule has 32 heavy (non-hydrogen) atoms. The van der Waals surface area contributed by atoms with E-state index in [2.05, 4.69) is 15.4 Å². The topological polar surface area (TPSA) is 112 Å². The molecule has 11 nitrogen and oxygen atoms in total. The Morgan fingerprint density at radius 2 is 1.97 bits per heavy atom. The first-order valence-corrected chi connectivity index (χ1v) is 10.3. The van der Waals surface area contributed by atoms with Gasteiger partial charge in [-0.2, -0.15) is 0 Å². The monoisotopic (exact) mass is 442 g/mol. The quantitative estimate of drug-likeness (QED) is 0.523. The molecule has 170 valence electrons. The van der Waals surface area contributed by atoms with Crippen LogP contribution in [-0.2, 0) is 22.5 Å². The summed E-state index contributed by atoms with van der Waals surface area (Å²) in [6, 6.07) is 5.62. The van der Waals surface area contributed by atoms with Crippen molar-refractivity contribution < 1.29 is 19.0 Å². The standard InChI is InChI=1S/C21H26N6O5/c1-30-16-4-3-15(13-17(16)31-2)5-6-22-18(28)14-27-21(29)26-8-7-23-19(20(26)24-27)25-9-11-32-12-10-25/h3-4,7-8,13H,5-6,9-12,14H2,1-2H3,(H,22,28). The number of benzene rings is 1. The lowest BCUT2D eigenvalue weighted by Gasteiger charge is -2.27. The lowest BCUT2D eigenvalue weighted by Crippen LogP contribution is -2.37. The fourth-order valence-corrected chi connectivity index (χ4v) is 3.61. The molecule has 1 aromatic carbocycles. The number of ether oxygens (including phenoxy) is 3. The first-order valence-electron chi connectivity index (χ1n) is 10.3. The molecule has 4 rings (SSSR count). The third-order valence-corrected chi connectivity index (χ3v) is 5.27. The molecule has 0 saturated carbocycles. The SMILES string of the molecule is COc1ccc(CCNC(=O)Cn2nc3c(N4CCOCC4)nccn3c2=O)cc1OC. The van der Waals surface area contributed by atoms with Gasteiger partial charge in [0, 0.05) is 32.0 Å². The Morgan fingerprint density at radius 1 is 1.19 bits per heavy atom. The van der Waals surface area contributed by atoms with Gasteiger partial charge in [0.2, 0.25) is 11.6 Å². The smallest absolute Gasteiger partial charge is 0.350 e. The van der Waals surface area contributed by atoms with Crippen molar-refractivity contribution in [2.45, 2.75) is 13.0 Å². The highest BCUT2D eigenvalue weighted by atomic mass is 16.5. The average Bonchev–Trinajstić information content (AvgIpc) is 3.14. The third-order valence-electron chi connectivity index (χ3n) is 5.27. The summed E-state index contributed by atoms with van der Waals surface area (Å²) >= 11 is 0. The van der Waals surface area contributed by atoms with Crippen molar-refractivity contribution in [2.24, 2.45) is 0 Å². The van der Waals surface area contributed by atoms with Crippen LogP contribution in [0.3, 0.4) is 0 Å². The Kier molecular flexibility index (Phi) is 6.55. The predicted molar refractivity (Wildman–Crippen MR) is 117 cm³/mol. The number of amides is 1. The number of methoxy groups -OCH3 is 2. The highest BCUT2D eigenvalue weighted by Crippen LogP contribution is 2.27. The number of nitrogens with one attached hydrogen (secondary N) is 1. The van der Waals surface area contributed by atoms with E-state index in [1.165, 1.54) is 4.40 Å². The Hall–Kier alpha value is -3.60. The van der Waals surface area contributed by atoms with E-state index in [4.69, 9.17) is 14.2 Å². The third kappa shape index (κ3) is 4.52. The van der Waals surface area contributed by atoms with Gasteiger partial charge in [0.1, 0.15) is 6.54 Å². The molecule has 0 bridgehead atoms. The van der Waals surface area contributed by atoms with Gasteiger partial charge in [-0.3, -0.25) is 4.79 Å². The minimum Gasteiger partial charge on any atom is -0.493 e. The van der Waals surface area contributed by atoms with Crippen molar-refractivity contribution >= 4 is 17.4 Å². The maximum absolute atomic E-state index is 12.7. The van der Waals surface area contributed by atoms with Crippen molar-refractivity contribution in [3.05, 3.63) is 46.6 Å². The molecule has 1 aliphatic heterocycles. The van der Waals surface area contributed by atoms with E-state index >= 15 is 0 Å². The zero-order valence-corrected chi connectivity index (χ0v) is 18.1. The van der Waals surface area contributed by atoms with Gasteiger partial charge in [-0.1, -0.05) is 6.07 Å². The summed E-state index contributed by atoms with van der Waals surface area (Å²) in [7, 11) is 3.16. The number of anilines is 1. The van der Waals surface area contributed by atoms with Crippen molar-refractivity contribution in [1.82, 2.24) is 24.5 Å². The zero-order valence-electron chi connectivity index (χ0n) is 18.1. The van der Waals surface area contributed by atoms with E-state index in [1.807, 2.05) is 23.1 Å². The largest absolute Gasteiger partial charge is 0.493 e. The molecule has 1 aliphatic rings. The molecule has 11 heteroatoms. The molecular formula is C21H26N6O5. The molecular weight excluding hydrogens is 416 g/mol. The van der Waals surface area contributed by atoms with Crippen LogP contribution in [-0.4, -0.2) is 72.1 Å². The van der Waals surface area contributed by atoms with E-state index in [9.17, 15) is 9.59 Å². The molecule has 1 amide bonds. The number of morpholine rings is 1. The second kappa shape index (κ2) is 9.69. The average molecular weight is 442 g/mol. The number of carbonyl (C=O) groups is 1. The second-order valence-electron chi connectivity index (χ2n) is 7.27. The van der Waals surface area contributed by atoms with Gasteiger partial charge in [0.15, 0.2) is 17.3 Å². The summed E-state index contributed by atoms with van der Waals surface area (Å²) < 4.78 is 18.5. The van der Waals surface area contributed by atoms with Gasteiger partial charge in [0.25, 0.3) is 0 Å². The summed E-state index contributed by atoms with van der Waals surface area (Å²) in [6.07, 6.45) is 3.73. The molecule has 0 aliphatic carbocycles. The summed E-state index contributed by atoms with van der Waals surface area (Å²) in [5, 5.41) is 7.20.